The SMILES string of the molecule is CC(C[Si](C)(O[SiH](C)O[Si](C)(C)C)O[Si](C)(C)C)C(=O)OCCC1CCC(CCP(=O)=S=S)CC1. The van der Waals surface area contributed by atoms with Gasteiger partial charge in [-0.3, -0.25) is 9.36 Å². The molecule has 1 fully saturated rings. The second kappa shape index (κ2) is 15.4. The van der Waals surface area contributed by atoms with Crippen LogP contribution in [0.3, 0.4) is 0 Å². The van der Waals surface area contributed by atoms with Gasteiger partial charge in [-0.25, -0.2) is 0 Å². The highest BCUT2D eigenvalue weighted by Crippen LogP contribution is 2.34. The van der Waals surface area contributed by atoms with Gasteiger partial charge in [0.25, 0.3) is 9.28 Å². The third kappa shape index (κ3) is 15.7. The molecule has 0 aliphatic heterocycles. The zero-order valence-electron chi connectivity index (χ0n) is 23.4. The number of hydrogen-bond acceptors (Lipinski definition) is 7. The fraction of sp³-hybridized carbons (Fsp3) is 0.955. The molecule has 0 amide bonds. The first-order valence-corrected chi connectivity index (χ1v) is 28.2. The molecule has 0 bridgehead atoms. The van der Waals surface area contributed by atoms with Crippen LogP contribution in [0.25, 0.3) is 0 Å². The van der Waals surface area contributed by atoms with E-state index in [2.05, 4.69) is 52.4 Å². The molecule has 0 saturated heterocycles. The second-order valence-corrected chi connectivity index (χ2v) is 31.4. The minimum atomic E-state index is -2.58. The summed E-state index contributed by atoms with van der Waals surface area (Å²) in [6.07, 6.45) is 7.37. The molecule has 13 heteroatoms. The molecule has 35 heavy (non-hydrogen) atoms. The lowest BCUT2D eigenvalue weighted by molar-refractivity contribution is -0.147. The van der Waals surface area contributed by atoms with Gasteiger partial charge in [-0.05, 0) is 97.7 Å². The Morgan fingerprint density at radius 3 is 2.03 bits per heavy atom. The molecule has 6 nitrogen and oxygen atoms in total. The van der Waals surface area contributed by atoms with E-state index in [9.17, 15) is 9.36 Å². The maximum Gasteiger partial charge on any atom is 0.316 e. The van der Waals surface area contributed by atoms with E-state index in [1.165, 1.54) is 12.8 Å². The van der Waals surface area contributed by atoms with Crippen molar-refractivity contribution in [1.82, 2.24) is 0 Å². The van der Waals surface area contributed by atoms with E-state index in [1.807, 2.05) is 6.92 Å². The van der Waals surface area contributed by atoms with Gasteiger partial charge < -0.3 is 17.1 Å². The van der Waals surface area contributed by atoms with Crippen LogP contribution in [0.5, 0.6) is 0 Å². The molecular weight excluding hydrogens is 568 g/mol. The van der Waals surface area contributed by atoms with Gasteiger partial charge in [0, 0.05) is 12.2 Å². The van der Waals surface area contributed by atoms with Gasteiger partial charge in [0.15, 0.2) is 23.2 Å². The van der Waals surface area contributed by atoms with Gasteiger partial charge in [0.1, 0.15) is 0 Å². The van der Waals surface area contributed by atoms with Crippen LogP contribution < -0.4 is 0 Å². The summed E-state index contributed by atoms with van der Waals surface area (Å²) in [6, 6.07) is 0.596. The summed E-state index contributed by atoms with van der Waals surface area (Å²) in [6.45, 7) is 18.4. The van der Waals surface area contributed by atoms with E-state index in [0.717, 1.165) is 41.3 Å². The zero-order valence-corrected chi connectivity index (χ0v) is 30.1. The summed E-state index contributed by atoms with van der Waals surface area (Å²) in [5.41, 5.74) is 0. The van der Waals surface area contributed by atoms with Crippen LogP contribution in [0.15, 0.2) is 0 Å². The van der Waals surface area contributed by atoms with Crippen molar-refractivity contribution in [3.63, 3.8) is 0 Å². The first kappa shape index (κ1) is 33.8. The monoisotopic (exact) mass is 616 g/mol. The molecule has 0 aromatic rings. The third-order valence-corrected chi connectivity index (χ3v) is 22.4. The molecule has 206 valence electrons. The summed E-state index contributed by atoms with van der Waals surface area (Å²) in [5.74, 6) is 0.877. The van der Waals surface area contributed by atoms with Crippen LogP contribution in [0.2, 0.25) is 58.4 Å². The molecule has 4 atom stereocenters. The van der Waals surface area contributed by atoms with Crippen molar-refractivity contribution in [3.8, 4) is 0 Å². The number of carbonyl (C=O) groups excluding carboxylic acids is 1. The number of hydrogen-bond donors (Lipinski definition) is 0. The van der Waals surface area contributed by atoms with E-state index >= 15 is 0 Å². The Balaban J connectivity index is 2.52. The zero-order chi connectivity index (χ0) is 26.9. The van der Waals surface area contributed by atoms with Crippen molar-refractivity contribution in [2.24, 2.45) is 17.8 Å². The first-order chi connectivity index (χ1) is 16.0. The van der Waals surface area contributed by atoms with Gasteiger partial charge in [-0.1, -0.05) is 32.6 Å². The van der Waals surface area contributed by atoms with E-state index < -0.39 is 41.1 Å². The van der Waals surface area contributed by atoms with Crippen LogP contribution in [-0.4, -0.2) is 53.2 Å². The molecule has 0 spiro atoms. The average Bonchev–Trinajstić information content (AvgIpc) is 2.69. The van der Waals surface area contributed by atoms with Crippen molar-refractivity contribution >= 4 is 67.7 Å². The summed E-state index contributed by atoms with van der Waals surface area (Å²) in [7, 11) is -6.89. The third-order valence-electron chi connectivity index (χ3n) is 6.08. The van der Waals surface area contributed by atoms with E-state index in [1.54, 1.807) is 0 Å². The number of ether oxygens (including phenoxy) is 1. The van der Waals surface area contributed by atoms with E-state index in [0.29, 0.717) is 24.5 Å². The van der Waals surface area contributed by atoms with Crippen LogP contribution in [0.1, 0.15) is 45.4 Å². The summed E-state index contributed by atoms with van der Waals surface area (Å²) >= 11 is 4.82. The standard InChI is InChI=1S/C22H49O6PS2Si4/c1-19(18-35(9,28-34(6,7)8)27-32(2)26-33(3,4)5)22(23)25-16-14-20-10-12-21(13-11-20)15-17-29(24)31-30/h19-21,32H,10-18H2,1-9H3. The molecular formula is C22H49O6PS2Si4. The summed E-state index contributed by atoms with van der Waals surface area (Å²) < 4.78 is 36.6. The molecule has 1 saturated carbocycles. The van der Waals surface area contributed by atoms with Gasteiger partial charge in [-0.2, -0.15) is 0 Å². The number of rotatable bonds is 15. The smallest absolute Gasteiger partial charge is 0.316 e. The maximum atomic E-state index is 12.8. The van der Waals surface area contributed by atoms with Crippen LogP contribution >= 0.6 is 6.58 Å². The number of esters is 1. The predicted molar refractivity (Wildman–Crippen MR) is 161 cm³/mol. The van der Waals surface area contributed by atoms with Crippen LogP contribution in [-0.2, 0) is 47.1 Å². The molecule has 0 radical (unpaired) electrons. The topological polar surface area (TPSA) is 71.1 Å². The van der Waals surface area contributed by atoms with Crippen LogP contribution in [0, 0.1) is 17.8 Å². The molecule has 0 aromatic heterocycles. The Kier molecular flexibility index (Phi) is 14.8. The fourth-order valence-corrected chi connectivity index (χ4v) is 22.0. The van der Waals surface area contributed by atoms with Crippen molar-refractivity contribution in [2.45, 2.75) is 104 Å². The van der Waals surface area contributed by atoms with Crippen LogP contribution in [0.4, 0.5) is 0 Å². The average molecular weight is 617 g/mol. The second-order valence-electron chi connectivity index (χ2n) is 12.1. The Bertz CT molecular complexity index is 773. The van der Waals surface area contributed by atoms with Gasteiger partial charge >= 0.3 is 14.5 Å². The quantitative estimate of drug-likeness (QED) is 0.115. The molecule has 0 aromatic carbocycles. The lowest BCUT2D eigenvalue weighted by Gasteiger charge is -2.38. The normalized spacial score (nSPS) is 23.2. The fourth-order valence-electron chi connectivity index (χ4n) is 4.88. The molecule has 0 N–H and O–H groups in total. The van der Waals surface area contributed by atoms with Crippen molar-refractivity contribution in [2.75, 3.05) is 12.8 Å². The lowest BCUT2D eigenvalue weighted by atomic mass is 9.79. The van der Waals surface area contributed by atoms with E-state index in [4.69, 9.17) is 28.3 Å². The Morgan fingerprint density at radius 1 is 1.00 bits per heavy atom. The minimum Gasteiger partial charge on any atom is -0.465 e. The highest BCUT2D eigenvalue weighted by molar-refractivity contribution is 8.32. The Morgan fingerprint density at radius 2 is 1.54 bits per heavy atom. The van der Waals surface area contributed by atoms with Crippen molar-refractivity contribution in [3.05, 3.63) is 0 Å². The van der Waals surface area contributed by atoms with E-state index in [-0.39, 0.29) is 11.9 Å². The molecule has 0 heterocycles. The van der Waals surface area contributed by atoms with Gasteiger partial charge in [0.05, 0.1) is 12.5 Å². The summed E-state index contributed by atoms with van der Waals surface area (Å²) in [4.78, 5) is 12.8. The predicted octanol–water partition coefficient (Wildman–Crippen LogP) is 6.68. The highest BCUT2D eigenvalue weighted by atomic mass is 32.9. The Labute approximate surface area is 227 Å². The largest absolute Gasteiger partial charge is 0.465 e. The van der Waals surface area contributed by atoms with Crippen molar-refractivity contribution in [1.29, 1.82) is 0 Å². The Hall–Kier alpha value is 0.758. The molecule has 4 unspecified atom stereocenters. The van der Waals surface area contributed by atoms with Gasteiger partial charge in [-0.15, -0.1) is 0 Å². The lowest BCUT2D eigenvalue weighted by Crippen LogP contribution is -2.53. The molecule has 1 aliphatic rings. The van der Waals surface area contributed by atoms with Crippen molar-refractivity contribution < 1.29 is 26.4 Å². The minimum absolute atomic E-state index is 0.147. The first-order valence-electron chi connectivity index (χ1n) is 13.0. The van der Waals surface area contributed by atoms with Gasteiger partial charge in [0.2, 0.25) is 0 Å². The summed E-state index contributed by atoms with van der Waals surface area (Å²) in [5, 5.41) is 0. The number of carbonyl (C=O) groups is 1. The molecule has 1 aliphatic carbocycles. The molecule has 1 rings (SSSR count). The maximum absolute atomic E-state index is 12.8. The highest BCUT2D eigenvalue weighted by Gasteiger charge is 2.42.